The van der Waals surface area contributed by atoms with Crippen LogP contribution < -0.4 is 21.1 Å². The van der Waals surface area contributed by atoms with Crippen molar-refractivity contribution in [2.24, 2.45) is 5.92 Å². The van der Waals surface area contributed by atoms with E-state index in [1.54, 1.807) is 6.20 Å². The van der Waals surface area contributed by atoms with Gasteiger partial charge < -0.3 is 20.7 Å². The van der Waals surface area contributed by atoms with Gasteiger partial charge in [0.2, 0.25) is 11.8 Å². The Hall–Kier alpha value is -2.94. The highest BCUT2D eigenvalue weighted by Crippen LogP contribution is 2.29. The van der Waals surface area contributed by atoms with E-state index in [2.05, 4.69) is 25.7 Å². The van der Waals surface area contributed by atoms with Gasteiger partial charge in [0.15, 0.2) is 5.82 Å². The van der Waals surface area contributed by atoms with Crippen molar-refractivity contribution < 1.29 is 14.3 Å². The molecule has 2 aromatic rings. The lowest BCUT2D eigenvalue weighted by Gasteiger charge is -2.39. The highest BCUT2D eigenvalue weighted by atomic mass is 16.5. The fourth-order valence-corrected chi connectivity index (χ4v) is 6.87. The Morgan fingerprint density at radius 1 is 1.02 bits per heavy atom. The molecule has 0 radical (unpaired) electrons. The number of benzene rings is 1. The summed E-state index contributed by atoms with van der Waals surface area (Å²) in [6.45, 7) is 1.51. The Bertz CT molecular complexity index is 1130. The highest BCUT2D eigenvalue weighted by molar-refractivity contribution is 5.90. The van der Waals surface area contributed by atoms with Gasteiger partial charge in [0.05, 0.1) is 25.4 Å². The van der Waals surface area contributed by atoms with E-state index in [1.807, 2.05) is 18.2 Å². The van der Waals surface area contributed by atoms with Crippen LogP contribution in [0, 0.1) is 5.92 Å². The number of fused-ring (bicyclic) bond motifs is 1. The second kappa shape index (κ2) is 14.1. The van der Waals surface area contributed by atoms with Gasteiger partial charge in [-0.25, -0.2) is 0 Å². The highest BCUT2D eigenvalue weighted by Gasteiger charge is 2.33. The molecule has 2 atom stereocenters. The molecule has 1 aromatic carbocycles. The normalized spacial score (nSPS) is 21.4. The molecule has 2 saturated carbocycles. The van der Waals surface area contributed by atoms with Gasteiger partial charge in [-0.05, 0) is 62.6 Å². The first kappa shape index (κ1) is 28.6. The molecule has 0 bridgehead atoms. The van der Waals surface area contributed by atoms with Crippen molar-refractivity contribution in [2.45, 2.75) is 108 Å². The number of nitrogens with one attached hydrogen (secondary N) is 2. The molecule has 1 aromatic heterocycles. The van der Waals surface area contributed by atoms with Gasteiger partial charge in [0.25, 0.3) is 0 Å². The van der Waals surface area contributed by atoms with Gasteiger partial charge in [-0.15, -0.1) is 5.10 Å². The smallest absolute Gasteiger partial charge is 0.239 e. The minimum Gasteiger partial charge on any atom is -0.493 e. The number of nitrogens with two attached hydrogens (primary N) is 1. The topological polar surface area (TPSA) is 122 Å². The van der Waals surface area contributed by atoms with Gasteiger partial charge in [0, 0.05) is 35.8 Å². The van der Waals surface area contributed by atoms with E-state index in [1.165, 1.54) is 44.9 Å². The molecule has 1 saturated heterocycles. The minimum absolute atomic E-state index is 0.0139. The third kappa shape index (κ3) is 7.62. The second-order valence-electron chi connectivity index (χ2n) is 12.0. The van der Waals surface area contributed by atoms with Crippen molar-refractivity contribution in [3.63, 3.8) is 0 Å². The molecule has 218 valence electrons. The first-order chi connectivity index (χ1) is 19.6. The van der Waals surface area contributed by atoms with Gasteiger partial charge >= 0.3 is 0 Å². The van der Waals surface area contributed by atoms with Crippen LogP contribution in [0.15, 0.2) is 24.4 Å². The summed E-state index contributed by atoms with van der Waals surface area (Å²) >= 11 is 0. The van der Waals surface area contributed by atoms with E-state index >= 15 is 0 Å². The lowest BCUT2D eigenvalue weighted by Crippen LogP contribution is -2.54. The standard InChI is InChI=1S/C31H46N6O3/c32-30-27-14-13-26(19-23(27)20-34-36-30)40-17-15-25-12-6-7-16-37(25)31(39)28(18-22-8-2-1-3-9-22)33-21-29(38)35-24-10-4-5-11-24/h13-14,19-20,22,24-25,28,33H,1-12,15-18,21H2,(H2,32,36)(H,35,38)/t25?,28-/m1/s1. The average molecular weight is 551 g/mol. The van der Waals surface area contributed by atoms with Crippen LogP contribution in [0.2, 0.25) is 0 Å². The van der Waals surface area contributed by atoms with Crippen LogP contribution in [0.25, 0.3) is 10.8 Å². The van der Waals surface area contributed by atoms with Crippen molar-refractivity contribution in [2.75, 3.05) is 25.4 Å². The first-order valence-electron chi connectivity index (χ1n) is 15.5. The Balaban J connectivity index is 1.19. The van der Waals surface area contributed by atoms with E-state index in [0.717, 1.165) is 68.0 Å². The molecule has 1 unspecified atom stereocenters. The molecule has 2 aliphatic carbocycles. The summed E-state index contributed by atoms with van der Waals surface area (Å²) in [5.74, 6) is 1.89. The number of anilines is 1. The Labute approximate surface area is 238 Å². The number of amides is 2. The molecular formula is C31H46N6O3. The Morgan fingerprint density at radius 3 is 2.62 bits per heavy atom. The Morgan fingerprint density at radius 2 is 1.80 bits per heavy atom. The number of rotatable bonds is 11. The van der Waals surface area contributed by atoms with Crippen LogP contribution in [-0.2, 0) is 9.59 Å². The summed E-state index contributed by atoms with van der Waals surface area (Å²) in [6.07, 6.45) is 17.0. The Kier molecular flexibility index (Phi) is 10.1. The van der Waals surface area contributed by atoms with Crippen molar-refractivity contribution in [1.82, 2.24) is 25.7 Å². The predicted octanol–water partition coefficient (Wildman–Crippen LogP) is 4.35. The number of carbonyl (C=O) groups is 2. The molecule has 40 heavy (non-hydrogen) atoms. The number of ether oxygens (including phenoxy) is 1. The number of nitrogens with zero attached hydrogens (tertiary/aromatic N) is 3. The number of hydrogen-bond acceptors (Lipinski definition) is 7. The molecule has 2 amide bonds. The maximum absolute atomic E-state index is 14.0. The summed E-state index contributed by atoms with van der Waals surface area (Å²) in [5.41, 5.74) is 5.93. The van der Waals surface area contributed by atoms with Gasteiger partial charge in [-0.2, -0.15) is 5.10 Å². The van der Waals surface area contributed by atoms with E-state index in [9.17, 15) is 9.59 Å². The van der Waals surface area contributed by atoms with Crippen LogP contribution >= 0.6 is 0 Å². The van der Waals surface area contributed by atoms with E-state index in [4.69, 9.17) is 10.5 Å². The van der Waals surface area contributed by atoms with Gasteiger partial charge in [0.1, 0.15) is 5.75 Å². The van der Waals surface area contributed by atoms with Crippen LogP contribution in [0.1, 0.15) is 89.9 Å². The van der Waals surface area contributed by atoms with Crippen LogP contribution in [0.4, 0.5) is 5.82 Å². The fraction of sp³-hybridized carbons (Fsp3) is 0.677. The molecule has 2 heterocycles. The molecule has 3 fully saturated rings. The van der Waals surface area contributed by atoms with Crippen molar-refractivity contribution >= 4 is 28.4 Å². The van der Waals surface area contributed by atoms with E-state index < -0.39 is 0 Å². The summed E-state index contributed by atoms with van der Waals surface area (Å²) < 4.78 is 6.11. The zero-order valence-electron chi connectivity index (χ0n) is 23.8. The molecule has 1 aliphatic heterocycles. The number of carbonyl (C=O) groups excluding carboxylic acids is 2. The number of hydrogen-bond donors (Lipinski definition) is 3. The fourth-order valence-electron chi connectivity index (χ4n) is 6.87. The molecule has 4 N–H and O–H groups in total. The maximum atomic E-state index is 14.0. The minimum atomic E-state index is -0.314. The predicted molar refractivity (Wildman–Crippen MR) is 157 cm³/mol. The quantitative estimate of drug-likeness (QED) is 0.380. The SMILES string of the molecule is Nc1nncc2cc(OCCC3CCCCN3C(=O)[C@@H](CC3CCCCC3)NCC(=O)NC3CCCC3)ccc12. The number of aromatic nitrogens is 2. The number of nitrogen functional groups attached to an aromatic ring is 1. The molecule has 0 spiro atoms. The molecule has 9 heteroatoms. The molecule has 9 nitrogen and oxygen atoms in total. The lowest BCUT2D eigenvalue weighted by atomic mass is 9.84. The van der Waals surface area contributed by atoms with Crippen molar-refractivity contribution in [3.8, 4) is 5.75 Å². The maximum Gasteiger partial charge on any atom is 0.239 e. The van der Waals surface area contributed by atoms with Gasteiger partial charge in [-0.1, -0.05) is 44.9 Å². The third-order valence-corrected chi connectivity index (χ3v) is 9.11. The summed E-state index contributed by atoms with van der Waals surface area (Å²) in [7, 11) is 0. The zero-order valence-corrected chi connectivity index (χ0v) is 23.8. The summed E-state index contributed by atoms with van der Waals surface area (Å²) in [6, 6.07) is 5.88. The molecular weight excluding hydrogens is 504 g/mol. The van der Waals surface area contributed by atoms with Crippen molar-refractivity contribution in [3.05, 3.63) is 24.4 Å². The van der Waals surface area contributed by atoms with Gasteiger partial charge in [-0.3, -0.25) is 14.9 Å². The lowest BCUT2D eigenvalue weighted by molar-refractivity contribution is -0.138. The molecule has 5 rings (SSSR count). The number of piperidine rings is 1. The van der Waals surface area contributed by atoms with Crippen molar-refractivity contribution in [1.29, 1.82) is 0 Å². The zero-order chi connectivity index (χ0) is 27.7. The second-order valence-corrected chi connectivity index (χ2v) is 12.0. The van der Waals surface area contributed by atoms with E-state index in [-0.39, 0.29) is 30.4 Å². The molecule has 3 aliphatic rings. The van der Waals surface area contributed by atoms with E-state index in [0.29, 0.717) is 24.4 Å². The van der Waals surface area contributed by atoms with Crippen LogP contribution in [0.3, 0.4) is 0 Å². The largest absolute Gasteiger partial charge is 0.493 e. The summed E-state index contributed by atoms with van der Waals surface area (Å²) in [5, 5.41) is 16.2. The first-order valence-corrected chi connectivity index (χ1v) is 15.5. The monoisotopic (exact) mass is 550 g/mol. The van der Waals surface area contributed by atoms with Crippen LogP contribution in [0.5, 0.6) is 5.75 Å². The number of likely N-dealkylation sites (tertiary alicyclic amines) is 1. The average Bonchev–Trinajstić information content (AvgIpc) is 3.49. The third-order valence-electron chi connectivity index (χ3n) is 9.11. The summed E-state index contributed by atoms with van der Waals surface area (Å²) in [4.78, 5) is 28.8. The van der Waals surface area contributed by atoms with Crippen LogP contribution in [-0.4, -0.2) is 64.7 Å².